The van der Waals surface area contributed by atoms with Crippen LogP contribution < -0.4 is 5.11 Å². The molecule has 0 aromatic carbocycles. The second-order valence-electron chi connectivity index (χ2n) is 8.15. The number of carboxylic acids is 1. The zero-order chi connectivity index (χ0) is 19.2. The van der Waals surface area contributed by atoms with E-state index in [0.717, 1.165) is 6.42 Å². The molecule has 0 fully saturated rings. The molecule has 25 heavy (non-hydrogen) atoms. The van der Waals surface area contributed by atoms with Gasteiger partial charge in [-0.2, -0.15) is 0 Å². The van der Waals surface area contributed by atoms with Crippen LogP contribution in [0.3, 0.4) is 0 Å². The van der Waals surface area contributed by atoms with E-state index in [-0.39, 0.29) is 6.42 Å². The van der Waals surface area contributed by atoms with Crippen molar-refractivity contribution in [2.45, 2.75) is 76.7 Å². The second kappa shape index (κ2) is 13.1. The molecule has 0 bridgehead atoms. The number of unbranched alkanes of at least 4 members (excludes halogenated alkanes) is 8. The van der Waals surface area contributed by atoms with Gasteiger partial charge in [-0.1, -0.05) is 70.1 Å². The number of allylic oxidation sites excluding steroid dienone is 3. The highest BCUT2D eigenvalue weighted by molar-refractivity contribution is 5.66. The van der Waals surface area contributed by atoms with Crippen LogP contribution >= 0.6 is 0 Å². The lowest BCUT2D eigenvalue weighted by Crippen LogP contribution is -2.50. The summed E-state index contributed by atoms with van der Waals surface area (Å²) in [6, 6.07) is 0. The average molecular weight is 354 g/mol. The molecule has 1 unspecified atom stereocenters. The summed E-state index contributed by atoms with van der Waals surface area (Å²) in [5.41, 5.74) is -1.38. The molecule has 0 amide bonds. The Morgan fingerprint density at radius 2 is 1.56 bits per heavy atom. The summed E-state index contributed by atoms with van der Waals surface area (Å²) in [5.74, 6) is -1.23. The molecule has 0 aromatic rings. The van der Waals surface area contributed by atoms with E-state index in [1.165, 1.54) is 51.4 Å². The van der Waals surface area contributed by atoms with Gasteiger partial charge >= 0.3 is 0 Å². The topological polar surface area (TPSA) is 60.4 Å². The average Bonchev–Trinajstić information content (AvgIpc) is 2.45. The van der Waals surface area contributed by atoms with Crippen LogP contribution in [-0.2, 0) is 4.79 Å². The highest BCUT2D eigenvalue weighted by Gasteiger charge is 2.30. The summed E-state index contributed by atoms with van der Waals surface area (Å²) in [5, 5.41) is 21.4. The zero-order valence-corrected chi connectivity index (χ0v) is 16.8. The summed E-state index contributed by atoms with van der Waals surface area (Å²) >= 11 is 0. The summed E-state index contributed by atoms with van der Waals surface area (Å²) in [7, 11) is 5.77. The van der Waals surface area contributed by atoms with E-state index in [4.69, 9.17) is 0 Å². The van der Waals surface area contributed by atoms with Crippen LogP contribution in [-0.4, -0.2) is 48.8 Å². The largest absolute Gasteiger partial charge is 0.550 e. The van der Waals surface area contributed by atoms with Crippen molar-refractivity contribution in [3.8, 4) is 0 Å². The molecule has 0 saturated carbocycles. The quantitative estimate of drug-likeness (QED) is 0.279. The molecule has 0 aliphatic carbocycles. The Labute approximate surface area is 154 Å². The number of likely N-dealkylation sites (N-methyl/N-ethyl adjacent to an activating group) is 1. The fourth-order valence-corrected chi connectivity index (χ4v) is 3.04. The first-order valence-corrected chi connectivity index (χ1v) is 9.75. The lowest BCUT2D eigenvalue weighted by Gasteiger charge is -2.34. The van der Waals surface area contributed by atoms with E-state index in [1.54, 1.807) is 12.2 Å². The third kappa shape index (κ3) is 16.1. The minimum absolute atomic E-state index is 0.323. The number of nitrogens with zero attached hydrogens (tertiary/aromatic N) is 1. The summed E-state index contributed by atoms with van der Waals surface area (Å²) < 4.78 is 0.482. The Hall–Kier alpha value is -1.13. The molecule has 4 nitrogen and oxygen atoms in total. The molecule has 0 saturated heterocycles. The third-order valence-corrected chi connectivity index (χ3v) is 4.08. The first kappa shape index (κ1) is 23.9. The van der Waals surface area contributed by atoms with Gasteiger partial charge in [0.05, 0.1) is 21.1 Å². The summed E-state index contributed by atoms with van der Waals surface area (Å²) in [4.78, 5) is 10.9. The fourth-order valence-electron chi connectivity index (χ4n) is 3.04. The molecule has 146 valence electrons. The number of hydrogen-bond acceptors (Lipinski definition) is 3. The minimum Gasteiger partial charge on any atom is -0.550 e. The summed E-state index contributed by atoms with van der Waals surface area (Å²) in [6.45, 7) is 2.56. The van der Waals surface area contributed by atoms with Crippen LogP contribution in [0.2, 0.25) is 0 Å². The number of quaternary nitrogens is 1. The van der Waals surface area contributed by atoms with Crippen molar-refractivity contribution in [2.75, 3.05) is 27.7 Å². The molecule has 0 heterocycles. The van der Waals surface area contributed by atoms with Gasteiger partial charge in [-0.3, -0.25) is 0 Å². The Bertz CT molecular complexity index is 410. The number of carbonyl (C=O) groups is 1. The van der Waals surface area contributed by atoms with Gasteiger partial charge in [0.25, 0.3) is 0 Å². The van der Waals surface area contributed by atoms with E-state index in [2.05, 4.69) is 13.0 Å². The third-order valence-electron chi connectivity index (χ3n) is 4.08. The van der Waals surface area contributed by atoms with Crippen LogP contribution in [0.15, 0.2) is 24.3 Å². The van der Waals surface area contributed by atoms with E-state index in [1.807, 2.05) is 27.2 Å². The van der Waals surface area contributed by atoms with Gasteiger partial charge in [0.2, 0.25) is 0 Å². The predicted molar refractivity (Wildman–Crippen MR) is 103 cm³/mol. The maximum absolute atomic E-state index is 10.9. The van der Waals surface area contributed by atoms with Crippen LogP contribution in [0.25, 0.3) is 0 Å². The molecule has 0 rings (SSSR count). The van der Waals surface area contributed by atoms with Gasteiger partial charge in [-0.15, -0.1) is 0 Å². The molecular formula is C21H39NO3. The minimum atomic E-state index is -1.38. The van der Waals surface area contributed by atoms with Gasteiger partial charge in [0.15, 0.2) is 0 Å². The normalized spacial score (nSPS) is 15.1. The maximum Gasteiger partial charge on any atom is 0.137 e. The molecule has 0 aliphatic heterocycles. The van der Waals surface area contributed by atoms with Crippen molar-refractivity contribution in [1.82, 2.24) is 0 Å². The first-order chi connectivity index (χ1) is 11.7. The maximum atomic E-state index is 10.9. The fraction of sp³-hybridized carbons (Fsp3) is 0.762. The Balaban J connectivity index is 4.07. The van der Waals surface area contributed by atoms with Crippen molar-refractivity contribution in [1.29, 1.82) is 0 Å². The Morgan fingerprint density at radius 3 is 2.08 bits per heavy atom. The van der Waals surface area contributed by atoms with E-state index >= 15 is 0 Å². The smallest absolute Gasteiger partial charge is 0.137 e. The van der Waals surface area contributed by atoms with Gasteiger partial charge < -0.3 is 19.5 Å². The number of hydrogen-bond donors (Lipinski definition) is 1. The van der Waals surface area contributed by atoms with E-state index < -0.39 is 11.6 Å². The van der Waals surface area contributed by atoms with Crippen LogP contribution in [0.5, 0.6) is 0 Å². The van der Waals surface area contributed by atoms with Crippen LogP contribution in [0.4, 0.5) is 0 Å². The number of carbonyl (C=O) groups excluding carboxylic acids is 1. The number of aliphatic carboxylic acids is 1. The van der Waals surface area contributed by atoms with Gasteiger partial charge in [0.1, 0.15) is 12.1 Å². The first-order valence-electron chi connectivity index (χ1n) is 9.75. The standard InChI is InChI=1S/C21H39NO3/c1-5-6-7-8-9-10-11-12-13-14-15-16-17-21(25,18-20(23)24)19-22(2,3)4/h14-17,25H,5-13,18-19H2,1-4H3. The van der Waals surface area contributed by atoms with Crippen molar-refractivity contribution in [2.24, 2.45) is 0 Å². The monoisotopic (exact) mass is 353 g/mol. The van der Waals surface area contributed by atoms with Crippen LogP contribution in [0.1, 0.15) is 71.1 Å². The van der Waals surface area contributed by atoms with Crippen molar-refractivity contribution in [3.63, 3.8) is 0 Å². The lowest BCUT2D eigenvalue weighted by molar-refractivity contribution is -0.876. The molecule has 0 aliphatic rings. The predicted octanol–water partition coefficient (Wildman–Crippen LogP) is 3.21. The van der Waals surface area contributed by atoms with Gasteiger partial charge in [-0.25, -0.2) is 0 Å². The molecule has 1 atom stereocenters. The lowest BCUT2D eigenvalue weighted by atomic mass is 9.97. The zero-order valence-electron chi connectivity index (χ0n) is 16.8. The highest BCUT2D eigenvalue weighted by Crippen LogP contribution is 2.16. The van der Waals surface area contributed by atoms with Crippen molar-refractivity contribution in [3.05, 3.63) is 24.3 Å². The molecule has 0 radical (unpaired) electrons. The molecule has 0 aromatic heterocycles. The highest BCUT2D eigenvalue weighted by atomic mass is 16.4. The molecule has 4 heteroatoms. The Kier molecular flexibility index (Phi) is 12.5. The van der Waals surface area contributed by atoms with Crippen molar-refractivity contribution < 1.29 is 19.5 Å². The van der Waals surface area contributed by atoms with Gasteiger partial charge in [0, 0.05) is 12.4 Å². The molecular weight excluding hydrogens is 314 g/mol. The Morgan fingerprint density at radius 1 is 1.00 bits per heavy atom. The number of aliphatic hydroxyl groups is 1. The number of rotatable bonds is 15. The van der Waals surface area contributed by atoms with Crippen LogP contribution in [0, 0.1) is 0 Å². The number of carboxylic acid groups (broad SMARTS) is 1. The summed E-state index contributed by atoms with van der Waals surface area (Å²) in [6.07, 6.45) is 18.4. The van der Waals surface area contributed by atoms with E-state index in [0.29, 0.717) is 11.0 Å². The SMILES string of the molecule is CCCCCCCCCCC=CC=CC(O)(CC(=O)[O-])C[N+](C)(C)C. The van der Waals surface area contributed by atoms with Crippen molar-refractivity contribution >= 4 is 5.97 Å². The molecule has 0 spiro atoms. The second-order valence-corrected chi connectivity index (χ2v) is 8.15. The van der Waals surface area contributed by atoms with Gasteiger partial charge in [-0.05, 0) is 18.9 Å². The van der Waals surface area contributed by atoms with E-state index in [9.17, 15) is 15.0 Å². The molecule has 1 N–H and O–H groups in total.